The van der Waals surface area contributed by atoms with Gasteiger partial charge in [0.1, 0.15) is 0 Å². The maximum Gasteiger partial charge on any atom is -0.00774 e. The van der Waals surface area contributed by atoms with E-state index in [1.54, 1.807) is 0 Å². The Hall–Kier alpha value is -0.0800. The molecule has 4 N–H and O–H groups in total. The zero-order valence-corrected chi connectivity index (χ0v) is 6.69. The third-order valence-electron chi connectivity index (χ3n) is 0.846. The van der Waals surface area contributed by atoms with Crippen LogP contribution in [-0.4, -0.2) is 13.1 Å². The van der Waals surface area contributed by atoms with Crippen LogP contribution in [0.3, 0.4) is 0 Å². The minimum absolute atomic E-state index is 0.819. The van der Waals surface area contributed by atoms with Crippen molar-refractivity contribution >= 4 is 0 Å². The first-order valence-electron chi connectivity index (χ1n) is 3.73. The van der Waals surface area contributed by atoms with Crippen LogP contribution in [0.15, 0.2) is 0 Å². The van der Waals surface area contributed by atoms with Gasteiger partial charge in [-0.15, -0.1) is 0 Å². The second-order valence-corrected chi connectivity index (χ2v) is 1.93. The van der Waals surface area contributed by atoms with Gasteiger partial charge >= 0.3 is 0 Å². The Morgan fingerprint density at radius 1 is 0.889 bits per heavy atom. The molecule has 0 fully saturated rings. The highest BCUT2D eigenvalue weighted by molar-refractivity contribution is 4.29. The van der Waals surface area contributed by atoms with Gasteiger partial charge in [-0.2, -0.15) is 0 Å². The number of hydrogen-bond donors (Lipinski definition) is 2. The Labute approximate surface area is 58.6 Å². The van der Waals surface area contributed by atoms with Crippen molar-refractivity contribution in [3.05, 3.63) is 0 Å². The molecule has 0 rings (SSSR count). The van der Waals surface area contributed by atoms with Gasteiger partial charge in [0.05, 0.1) is 0 Å². The number of unbranched alkanes of at least 4 members (excludes halogenated alkanes) is 1. The molecule has 0 aliphatic carbocycles. The van der Waals surface area contributed by atoms with E-state index >= 15 is 0 Å². The molecule has 0 atom stereocenters. The summed E-state index contributed by atoms with van der Waals surface area (Å²) >= 11 is 0. The van der Waals surface area contributed by atoms with Crippen molar-refractivity contribution in [2.24, 2.45) is 11.5 Å². The molecule has 2 heteroatoms. The highest BCUT2D eigenvalue weighted by Crippen LogP contribution is 1.77. The lowest BCUT2D eigenvalue weighted by Crippen LogP contribution is -1.95. The van der Waals surface area contributed by atoms with Gasteiger partial charge in [0.2, 0.25) is 0 Å². The summed E-state index contributed by atoms with van der Waals surface area (Å²) in [4.78, 5) is 0. The van der Waals surface area contributed by atoms with Crippen LogP contribution in [0.2, 0.25) is 0 Å². The summed E-state index contributed by atoms with van der Waals surface area (Å²) < 4.78 is 0. The van der Waals surface area contributed by atoms with E-state index in [0.29, 0.717) is 0 Å². The fraction of sp³-hybridized carbons (Fsp3) is 1.00. The molecule has 0 amide bonds. The summed E-state index contributed by atoms with van der Waals surface area (Å²) in [6, 6.07) is 0. The van der Waals surface area contributed by atoms with Gasteiger partial charge in [0, 0.05) is 0 Å². The van der Waals surface area contributed by atoms with Gasteiger partial charge in [0.25, 0.3) is 0 Å². The Balaban J connectivity index is 0. The number of nitrogens with two attached hydrogens (primary N) is 2. The minimum atomic E-state index is 0.819. The fourth-order valence-corrected chi connectivity index (χ4v) is 0.204. The van der Waals surface area contributed by atoms with Crippen molar-refractivity contribution in [2.45, 2.75) is 33.1 Å². The van der Waals surface area contributed by atoms with Crippen molar-refractivity contribution in [3.63, 3.8) is 0 Å². The standard InChI is InChI=1S/C4H11N.C3H9N/c1-2-3-4-5;1-2-3-4/h2-5H2,1H3;2-4H2,1H3. The zero-order chi connectivity index (χ0) is 7.54. The molecule has 0 spiro atoms. The van der Waals surface area contributed by atoms with Gasteiger partial charge < -0.3 is 11.5 Å². The Morgan fingerprint density at radius 3 is 1.33 bits per heavy atom. The normalized spacial score (nSPS) is 8.00. The first kappa shape index (κ1) is 11.7. The first-order valence-corrected chi connectivity index (χ1v) is 3.73. The summed E-state index contributed by atoms with van der Waals surface area (Å²) in [7, 11) is 0. The Bertz CT molecular complexity index is 26.1. The van der Waals surface area contributed by atoms with Crippen molar-refractivity contribution < 1.29 is 0 Å². The van der Waals surface area contributed by atoms with Crippen LogP contribution in [0.5, 0.6) is 0 Å². The van der Waals surface area contributed by atoms with Gasteiger partial charge in [-0.25, -0.2) is 0 Å². The summed E-state index contributed by atoms with van der Waals surface area (Å²) in [6.45, 7) is 5.85. The molecular weight excluding hydrogens is 112 g/mol. The average molecular weight is 132 g/mol. The highest BCUT2D eigenvalue weighted by atomic mass is 14.5. The van der Waals surface area contributed by atoms with Crippen LogP contribution < -0.4 is 11.5 Å². The predicted octanol–water partition coefficient (Wildman–Crippen LogP) is 1.10. The molecule has 0 aromatic heterocycles. The maximum absolute atomic E-state index is 5.14. The minimum Gasteiger partial charge on any atom is -0.330 e. The molecule has 2 nitrogen and oxygen atoms in total. The van der Waals surface area contributed by atoms with E-state index in [-0.39, 0.29) is 0 Å². The van der Waals surface area contributed by atoms with Crippen molar-refractivity contribution in [3.8, 4) is 0 Å². The van der Waals surface area contributed by atoms with E-state index in [4.69, 9.17) is 11.5 Å². The van der Waals surface area contributed by atoms with E-state index in [1.165, 1.54) is 12.8 Å². The van der Waals surface area contributed by atoms with Gasteiger partial charge in [-0.3, -0.25) is 0 Å². The quantitative estimate of drug-likeness (QED) is 0.604. The summed E-state index contributed by atoms with van der Waals surface area (Å²) in [5.41, 5.74) is 10.2. The molecule has 0 saturated carbocycles. The van der Waals surface area contributed by atoms with Crippen molar-refractivity contribution in [1.29, 1.82) is 0 Å². The van der Waals surface area contributed by atoms with E-state index in [9.17, 15) is 0 Å². The van der Waals surface area contributed by atoms with Crippen molar-refractivity contribution in [2.75, 3.05) is 13.1 Å². The largest absolute Gasteiger partial charge is 0.330 e. The lowest BCUT2D eigenvalue weighted by Gasteiger charge is -1.80. The lowest BCUT2D eigenvalue weighted by atomic mass is 10.3. The highest BCUT2D eigenvalue weighted by Gasteiger charge is 1.67. The van der Waals surface area contributed by atoms with Gasteiger partial charge in [-0.1, -0.05) is 20.3 Å². The van der Waals surface area contributed by atoms with Crippen LogP contribution >= 0.6 is 0 Å². The smallest absolute Gasteiger partial charge is 0.00774 e. The Kier molecular flexibility index (Phi) is 20.3. The SMILES string of the molecule is CCCCN.CCCN. The van der Waals surface area contributed by atoms with Gasteiger partial charge in [-0.05, 0) is 25.9 Å². The number of rotatable bonds is 3. The molecule has 0 aliphatic heterocycles. The van der Waals surface area contributed by atoms with E-state index < -0.39 is 0 Å². The first-order chi connectivity index (χ1) is 4.33. The molecule has 58 valence electrons. The van der Waals surface area contributed by atoms with Crippen LogP contribution in [0.1, 0.15) is 33.1 Å². The summed E-state index contributed by atoms with van der Waals surface area (Å²) in [6.07, 6.45) is 3.48. The molecule has 0 heterocycles. The predicted molar refractivity (Wildman–Crippen MR) is 43.3 cm³/mol. The monoisotopic (exact) mass is 132 g/mol. The summed E-state index contributed by atoms with van der Waals surface area (Å²) in [5.74, 6) is 0. The second-order valence-electron chi connectivity index (χ2n) is 1.93. The van der Waals surface area contributed by atoms with Crippen molar-refractivity contribution in [1.82, 2.24) is 0 Å². The lowest BCUT2D eigenvalue weighted by molar-refractivity contribution is 0.807. The van der Waals surface area contributed by atoms with Crippen LogP contribution in [-0.2, 0) is 0 Å². The fourth-order valence-electron chi connectivity index (χ4n) is 0.204. The van der Waals surface area contributed by atoms with E-state index in [0.717, 1.165) is 19.5 Å². The number of hydrogen-bond acceptors (Lipinski definition) is 2. The third kappa shape index (κ3) is 32.6. The van der Waals surface area contributed by atoms with Gasteiger partial charge in [0.15, 0.2) is 0 Å². The van der Waals surface area contributed by atoms with Crippen LogP contribution in [0, 0.1) is 0 Å². The van der Waals surface area contributed by atoms with Crippen LogP contribution in [0.4, 0.5) is 0 Å². The second kappa shape index (κ2) is 15.7. The molecule has 0 aromatic rings. The Morgan fingerprint density at radius 2 is 1.33 bits per heavy atom. The average Bonchev–Trinajstić information content (AvgIpc) is 1.91. The van der Waals surface area contributed by atoms with E-state index in [2.05, 4.69) is 13.8 Å². The molecular formula is C7H20N2. The molecule has 0 aromatic carbocycles. The van der Waals surface area contributed by atoms with Crippen LogP contribution in [0.25, 0.3) is 0 Å². The van der Waals surface area contributed by atoms with E-state index in [1.807, 2.05) is 0 Å². The third-order valence-corrected chi connectivity index (χ3v) is 0.846. The molecule has 9 heavy (non-hydrogen) atoms. The molecule has 0 bridgehead atoms. The maximum atomic E-state index is 5.14. The summed E-state index contributed by atoms with van der Waals surface area (Å²) in [5, 5.41) is 0. The zero-order valence-electron chi connectivity index (χ0n) is 6.69. The molecule has 0 radical (unpaired) electrons. The molecule has 0 aliphatic rings. The topological polar surface area (TPSA) is 52.0 Å². The molecule has 0 unspecified atom stereocenters. The molecule has 0 saturated heterocycles.